The van der Waals surface area contributed by atoms with Crippen LogP contribution in [0.25, 0.3) is 0 Å². The van der Waals surface area contributed by atoms with Crippen molar-refractivity contribution in [2.45, 2.75) is 25.7 Å². The maximum absolute atomic E-state index is 11.3. The second-order valence-electron chi connectivity index (χ2n) is 6.36. The van der Waals surface area contributed by atoms with E-state index in [0.29, 0.717) is 24.4 Å². The topological polar surface area (TPSA) is 87.9 Å². The number of ether oxygens (including phenoxy) is 1. The van der Waals surface area contributed by atoms with E-state index in [4.69, 9.17) is 4.74 Å². The van der Waals surface area contributed by atoms with Crippen molar-refractivity contribution >= 4 is 22.7 Å². The molecule has 3 rings (SSSR count). The Labute approximate surface area is 156 Å². The highest BCUT2D eigenvalue weighted by molar-refractivity contribution is 7.10. The molecule has 1 aromatic heterocycles. The fraction of sp³-hybridized carbons (Fsp3) is 0.444. The zero-order valence-electron chi connectivity index (χ0n) is 14.6. The number of anilines is 1. The van der Waals surface area contributed by atoms with Crippen molar-refractivity contribution in [3.63, 3.8) is 0 Å². The first-order valence-corrected chi connectivity index (χ1v) is 9.47. The average molecular weight is 377 g/mol. The molecule has 0 radical (unpaired) electrons. The molecule has 2 aromatic rings. The van der Waals surface area contributed by atoms with Gasteiger partial charge in [0.2, 0.25) is 0 Å². The standard InChI is InChI=1S/C18H23N3O4S/c1-13-11-20(6-7-25-13)17(18-3-2-8-26-18)10-19-15-9-14(12-22)4-5-16(15)21(23)24/h2-5,8-9,13,17,19,22H,6-7,10-12H2,1H3. The van der Waals surface area contributed by atoms with Crippen LogP contribution < -0.4 is 5.32 Å². The minimum absolute atomic E-state index is 0.0162. The van der Waals surface area contributed by atoms with Gasteiger partial charge in [-0.15, -0.1) is 11.3 Å². The minimum Gasteiger partial charge on any atom is -0.392 e. The molecule has 140 valence electrons. The summed E-state index contributed by atoms with van der Waals surface area (Å²) in [5, 5.41) is 25.9. The Morgan fingerprint density at radius 3 is 3.00 bits per heavy atom. The summed E-state index contributed by atoms with van der Waals surface area (Å²) in [6.07, 6.45) is 0.165. The van der Waals surface area contributed by atoms with Gasteiger partial charge in [0.25, 0.3) is 5.69 Å². The van der Waals surface area contributed by atoms with E-state index in [1.807, 2.05) is 11.4 Å². The van der Waals surface area contributed by atoms with E-state index in [9.17, 15) is 15.2 Å². The number of benzene rings is 1. The third kappa shape index (κ3) is 4.39. The monoisotopic (exact) mass is 377 g/mol. The molecule has 2 heterocycles. The molecule has 26 heavy (non-hydrogen) atoms. The van der Waals surface area contributed by atoms with Gasteiger partial charge >= 0.3 is 0 Å². The quantitative estimate of drug-likeness (QED) is 0.570. The van der Waals surface area contributed by atoms with Gasteiger partial charge < -0.3 is 15.2 Å². The number of hydrogen-bond acceptors (Lipinski definition) is 7. The number of aliphatic hydroxyl groups is 1. The number of nitro benzene ring substituents is 1. The van der Waals surface area contributed by atoms with Crippen molar-refractivity contribution in [3.05, 3.63) is 56.3 Å². The predicted molar refractivity (Wildman–Crippen MR) is 102 cm³/mol. The lowest BCUT2D eigenvalue weighted by molar-refractivity contribution is -0.384. The second-order valence-corrected chi connectivity index (χ2v) is 7.33. The van der Waals surface area contributed by atoms with E-state index in [0.717, 1.165) is 13.1 Å². The van der Waals surface area contributed by atoms with Gasteiger partial charge in [0.15, 0.2) is 0 Å². The summed E-state index contributed by atoms with van der Waals surface area (Å²) in [6, 6.07) is 8.88. The van der Waals surface area contributed by atoms with E-state index in [1.54, 1.807) is 23.5 Å². The van der Waals surface area contributed by atoms with Crippen LogP contribution in [0.1, 0.15) is 23.4 Å². The molecule has 1 aromatic carbocycles. The van der Waals surface area contributed by atoms with Gasteiger partial charge in [-0.3, -0.25) is 15.0 Å². The molecule has 2 N–H and O–H groups in total. The van der Waals surface area contributed by atoms with Crippen LogP contribution in [-0.2, 0) is 11.3 Å². The largest absolute Gasteiger partial charge is 0.392 e. The molecule has 0 amide bonds. The molecule has 8 heteroatoms. The molecule has 1 saturated heterocycles. The van der Waals surface area contributed by atoms with E-state index < -0.39 is 4.92 Å². The lowest BCUT2D eigenvalue weighted by Crippen LogP contribution is -2.44. The minimum atomic E-state index is -0.402. The number of rotatable bonds is 7. The van der Waals surface area contributed by atoms with Crippen LogP contribution in [0, 0.1) is 10.1 Å². The summed E-state index contributed by atoms with van der Waals surface area (Å²) in [5.41, 5.74) is 1.10. The molecular formula is C18H23N3O4S. The fourth-order valence-electron chi connectivity index (χ4n) is 3.21. The molecular weight excluding hydrogens is 354 g/mol. The second kappa shape index (κ2) is 8.59. The first kappa shape index (κ1) is 18.8. The zero-order chi connectivity index (χ0) is 18.5. The van der Waals surface area contributed by atoms with Crippen molar-refractivity contribution in [2.75, 3.05) is 31.6 Å². The first-order valence-electron chi connectivity index (χ1n) is 8.59. The Balaban J connectivity index is 1.81. The summed E-state index contributed by atoms with van der Waals surface area (Å²) in [7, 11) is 0. The van der Waals surface area contributed by atoms with Gasteiger partial charge in [0.05, 0.1) is 30.3 Å². The van der Waals surface area contributed by atoms with Crippen LogP contribution in [0.2, 0.25) is 0 Å². The number of morpholine rings is 1. The summed E-state index contributed by atoms with van der Waals surface area (Å²) in [6.45, 7) is 4.78. The van der Waals surface area contributed by atoms with Gasteiger partial charge in [-0.1, -0.05) is 6.07 Å². The molecule has 0 saturated carbocycles. The van der Waals surface area contributed by atoms with Crippen LogP contribution >= 0.6 is 11.3 Å². The molecule has 0 bridgehead atoms. The van der Waals surface area contributed by atoms with Crippen molar-refractivity contribution in [2.24, 2.45) is 0 Å². The maximum Gasteiger partial charge on any atom is 0.292 e. The Bertz CT molecular complexity index is 738. The number of nitro groups is 1. The van der Waals surface area contributed by atoms with Crippen LogP contribution in [0.15, 0.2) is 35.7 Å². The number of hydrogen-bond donors (Lipinski definition) is 2. The molecule has 0 spiro atoms. The number of nitrogens with zero attached hydrogens (tertiary/aromatic N) is 2. The Morgan fingerprint density at radius 1 is 1.50 bits per heavy atom. The number of aliphatic hydroxyl groups excluding tert-OH is 1. The Kier molecular flexibility index (Phi) is 6.20. The Morgan fingerprint density at radius 2 is 2.35 bits per heavy atom. The van der Waals surface area contributed by atoms with Crippen LogP contribution in [0.4, 0.5) is 11.4 Å². The lowest BCUT2D eigenvalue weighted by Gasteiger charge is -2.37. The van der Waals surface area contributed by atoms with E-state index in [-0.39, 0.29) is 24.4 Å². The molecule has 2 atom stereocenters. The summed E-state index contributed by atoms with van der Waals surface area (Å²) in [4.78, 5) is 14.5. The van der Waals surface area contributed by atoms with Crippen molar-refractivity contribution in [1.82, 2.24) is 4.90 Å². The molecule has 1 aliphatic heterocycles. The van der Waals surface area contributed by atoms with Gasteiger partial charge in [0, 0.05) is 30.6 Å². The highest BCUT2D eigenvalue weighted by Crippen LogP contribution is 2.30. The number of nitrogens with one attached hydrogen (secondary N) is 1. The van der Waals surface area contributed by atoms with E-state index in [2.05, 4.69) is 23.2 Å². The molecule has 0 aliphatic carbocycles. The predicted octanol–water partition coefficient (Wildman–Crippen LogP) is 3.02. The molecule has 1 aliphatic rings. The van der Waals surface area contributed by atoms with Gasteiger partial charge in [-0.05, 0) is 36.1 Å². The first-order chi connectivity index (χ1) is 12.6. The normalized spacial score (nSPS) is 19.2. The van der Waals surface area contributed by atoms with Gasteiger partial charge in [-0.2, -0.15) is 0 Å². The van der Waals surface area contributed by atoms with Gasteiger partial charge in [0.1, 0.15) is 5.69 Å². The maximum atomic E-state index is 11.3. The van der Waals surface area contributed by atoms with Crippen LogP contribution in [0.5, 0.6) is 0 Å². The third-order valence-corrected chi connectivity index (χ3v) is 5.48. The van der Waals surface area contributed by atoms with E-state index >= 15 is 0 Å². The van der Waals surface area contributed by atoms with Crippen molar-refractivity contribution < 1.29 is 14.8 Å². The van der Waals surface area contributed by atoms with Gasteiger partial charge in [-0.25, -0.2) is 0 Å². The van der Waals surface area contributed by atoms with Crippen LogP contribution in [0.3, 0.4) is 0 Å². The van der Waals surface area contributed by atoms with Crippen molar-refractivity contribution in [3.8, 4) is 0 Å². The summed E-state index contributed by atoms with van der Waals surface area (Å²) >= 11 is 1.68. The van der Waals surface area contributed by atoms with E-state index in [1.165, 1.54) is 10.9 Å². The summed E-state index contributed by atoms with van der Waals surface area (Å²) < 4.78 is 5.64. The average Bonchev–Trinajstić information content (AvgIpc) is 3.16. The Hall–Kier alpha value is -2.00. The zero-order valence-corrected chi connectivity index (χ0v) is 15.4. The molecule has 7 nitrogen and oxygen atoms in total. The molecule has 2 unspecified atom stereocenters. The van der Waals surface area contributed by atoms with Crippen molar-refractivity contribution in [1.29, 1.82) is 0 Å². The third-order valence-electron chi connectivity index (χ3n) is 4.51. The SMILES string of the molecule is CC1CN(C(CNc2cc(CO)ccc2[N+](=O)[O-])c2cccs2)CCO1. The highest BCUT2D eigenvalue weighted by atomic mass is 32.1. The van der Waals surface area contributed by atoms with Crippen LogP contribution in [-0.4, -0.2) is 47.3 Å². The highest BCUT2D eigenvalue weighted by Gasteiger charge is 2.27. The fourth-order valence-corrected chi connectivity index (χ4v) is 4.07. The number of thiophene rings is 1. The lowest BCUT2D eigenvalue weighted by atomic mass is 10.1. The molecule has 1 fully saturated rings. The smallest absolute Gasteiger partial charge is 0.292 e. The summed E-state index contributed by atoms with van der Waals surface area (Å²) in [5.74, 6) is 0.